The first kappa shape index (κ1) is 11.9. The highest BCUT2D eigenvalue weighted by Gasteiger charge is 2.03. The van der Waals surface area contributed by atoms with E-state index in [4.69, 9.17) is 4.74 Å². The van der Waals surface area contributed by atoms with Gasteiger partial charge in [0.15, 0.2) is 9.84 Å². The van der Waals surface area contributed by atoms with Crippen LogP contribution in [0.1, 0.15) is 5.56 Å². The summed E-state index contributed by atoms with van der Waals surface area (Å²) in [5.74, 6) is -0.0106. The third-order valence-electron chi connectivity index (χ3n) is 1.88. The van der Waals surface area contributed by atoms with Crippen molar-refractivity contribution in [3.8, 4) is 0 Å². The third-order valence-corrected chi connectivity index (χ3v) is 3.12. The summed E-state index contributed by atoms with van der Waals surface area (Å²) in [6.45, 7) is 3.86. The zero-order valence-electron chi connectivity index (χ0n) is 8.43. The van der Waals surface area contributed by atoms with E-state index in [0.717, 1.165) is 11.0 Å². The van der Waals surface area contributed by atoms with Gasteiger partial charge < -0.3 is 4.74 Å². The van der Waals surface area contributed by atoms with Gasteiger partial charge in [0.2, 0.25) is 0 Å². The van der Waals surface area contributed by atoms with Gasteiger partial charge in [0.05, 0.1) is 19.0 Å². The van der Waals surface area contributed by atoms with Crippen molar-refractivity contribution < 1.29 is 13.2 Å². The molecule has 0 amide bonds. The molecule has 0 spiro atoms. The lowest BCUT2D eigenvalue weighted by atomic mass is 10.2. The van der Waals surface area contributed by atoms with Gasteiger partial charge in [-0.2, -0.15) is 0 Å². The fourth-order valence-corrected chi connectivity index (χ4v) is 1.54. The van der Waals surface area contributed by atoms with Crippen molar-refractivity contribution in [3.63, 3.8) is 0 Å². The zero-order chi connectivity index (χ0) is 11.1. The van der Waals surface area contributed by atoms with E-state index in [1.54, 1.807) is 0 Å². The van der Waals surface area contributed by atoms with Crippen LogP contribution in [0.4, 0.5) is 0 Å². The highest BCUT2D eigenvalue weighted by molar-refractivity contribution is 7.94. The molecule has 1 aromatic carbocycles. The molecule has 0 saturated heterocycles. The molecule has 1 rings (SSSR count). The quantitative estimate of drug-likeness (QED) is 0.694. The average molecular weight is 226 g/mol. The minimum Gasteiger partial charge on any atom is -0.376 e. The van der Waals surface area contributed by atoms with E-state index in [2.05, 4.69) is 6.58 Å². The van der Waals surface area contributed by atoms with E-state index < -0.39 is 9.84 Å². The second kappa shape index (κ2) is 5.68. The zero-order valence-corrected chi connectivity index (χ0v) is 9.24. The molecule has 0 unspecified atom stereocenters. The molecule has 15 heavy (non-hydrogen) atoms. The summed E-state index contributed by atoms with van der Waals surface area (Å²) in [7, 11) is -3.14. The number of rotatable bonds is 6. The first-order chi connectivity index (χ1) is 7.14. The van der Waals surface area contributed by atoms with Crippen LogP contribution in [0.25, 0.3) is 0 Å². The summed E-state index contributed by atoms with van der Waals surface area (Å²) in [4.78, 5) is 0. The average Bonchev–Trinajstić information content (AvgIpc) is 2.26. The number of hydrogen-bond acceptors (Lipinski definition) is 3. The van der Waals surface area contributed by atoms with Crippen molar-refractivity contribution in [2.45, 2.75) is 6.61 Å². The van der Waals surface area contributed by atoms with Gasteiger partial charge in [0.1, 0.15) is 0 Å². The SMILES string of the molecule is C=CS(=O)(=O)CCOCc1ccccc1. The second-order valence-electron chi connectivity index (χ2n) is 3.07. The molecule has 0 heterocycles. The van der Waals surface area contributed by atoms with Crippen LogP contribution in [-0.2, 0) is 21.2 Å². The first-order valence-electron chi connectivity index (χ1n) is 4.61. The highest BCUT2D eigenvalue weighted by atomic mass is 32.2. The predicted octanol–water partition coefficient (Wildman–Crippen LogP) is 1.76. The Hall–Kier alpha value is -1.13. The van der Waals surface area contributed by atoms with Crippen molar-refractivity contribution >= 4 is 9.84 Å². The molecule has 0 bridgehead atoms. The van der Waals surface area contributed by atoms with Gasteiger partial charge in [-0.05, 0) is 5.56 Å². The number of ether oxygens (including phenoxy) is 1. The van der Waals surface area contributed by atoms with E-state index >= 15 is 0 Å². The normalized spacial score (nSPS) is 11.2. The summed E-state index contributed by atoms with van der Waals surface area (Å²) >= 11 is 0. The van der Waals surface area contributed by atoms with Crippen molar-refractivity contribution in [1.82, 2.24) is 0 Å². The molecule has 3 nitrogen and oxygen atoms in total. The fraction of sp³-hybridized carbons (Fsp3) is 0.273. The van der Waals surface area contributed by atoms with Crippen LogP contribution in [0.5, 0.6) is 0 Å². The van der Waals surface area contributed by atoms with E-state index in [1.807, 2.05) is 30.3 Å². The summed E-state index contributed by atoms with van der Waals surface area (Å²) in [5, 5.41) is 0.957. The third kappa shape index (κ3) is 4.76. The van der Waals surface area contributed by atoms with Crippen LogP contribution >= 0.6 is 0 Å². The lowest BCUT2D eigenvalue weighted by Gasteiger charge is -2.03. The Morgan fingerprint density at radius 1 is 1.27 bits per heavy atom. The van der Waals surface area contributed by atoms with Crippen molar-refractivity contribution in [2.75, 3.05) is 12.4 Å². The monoisotopic (exact) mass is 226 g/mol. The van der Waals surface area contributed by atoms with Crippen LogP contribution in [0, 0.1) is 0 Å². The Labute approximate surface area is 90.3 Å². The molecule has 82 valence electrons. The molecule has 0 N–H and O–H groups in total. The van der Waals surface area contributed by atoms with Crippen molar-refractivity contribution in [1.29, 1.82) is 0 Å². The minimum atomic E-state index is -3.14. The molecule has 0 fully saturated rings. The van der Waals surface area contributed by atoms with Crippen LogP contribution in [-0.4, -0.2) is 20.8 Å². The fourth-order valence-electron chi connectivity index (χ4n) is 1.02. The second-order valence-corrected chi connectivity index (χ2v) is 5.14. The molecule has 0 saturated carbocycles. The topological polar surface area (TPSA) is 43.4 Å². The lowest BCUT2D eigenvalue weighted by Crippen LogP contribution is -2.09. The number of sulfone groups is 1. The molecule has 0 atom stereocenters. The summed E-state index contributed by atoms with van der Waals surface area (Å²) in [6.07, 6.45) is 0. The number of benzene rings is 1. The van der Waals surface area contributed by atoms with Gasteiger partial charge in [-0.3, -0.25) is 0 Å². The Kier molecular flexibility index (Phi) is 4.52. The molecular formula is C11H14O3S. The Balaban J connectivity index is 2.26. The summed E-state index contributed by atoms with van der Waals surface area (Å²) in [6, 6.07) is 9.62. The van der Waals surface area contributed by atoms with Gasteiger partial charge in [0, 0.05) is 5.41 Å². The van der Waals surface area contributed by atoms with Gasteiger partial charge >= 0.3 is 0 Å². The first-order valence-corrected chi connectivity index (χ1v) is 6.32. The maximum Gasteiger partial charge on any atom is 0.173 e. The van der Waals surface area contributed by atoms with Gasteiger partial charge in [0.25, 0.3) is 0 Å². The van der Waals surface area contributed by atoms with E-state index in [-0.39, 0.29) is 12.4 Å². The van der Waals surface area contributed by atoms with E-state index in [1.165, 1.54) is 0 Å². The highest BCUT2D eigenvalue weighted by Crippen LogP contribution is 2.00. The van der Waals surface area contributed by atoms with Crippen molar-refractivity contribution in [2.24, 2.45) is 0 Å². The summed E-state index contributed by atoms with van der Waals surface area (Å²) < 4.78 is 27.3. The van der Waals surface area contributed by atoms with Crippen LogP contribution < -0.4 is 0 Å². The van der Waals surface area contributed by atoms with Crippen LogP contribution in [0.2, 0.25) is 0 Å². The lowest BCUT2D eigenvalue weighted by molar-refractivity contribution is 0.135. The van der Waals surface area contributed by atoms with Gasteiger partial charge in [-0.25, -0.2) is 8.42 Å². The maximum atomic E-state index is 11.0. The molecule has 4 heteroatoms. The van der Waals surface area contributed by atoms with E-state index in [0.29, 0.717) is 6.61 Å². The van der Waals surface area contributed by atoms with Gasteiger partial charge in [-0.15, -0.1) is 0 Å². The molecular weight excluding hydrogens is 212 g/mol. The van der Waals surface area contributed by atoms with E-state index in [9.17, 15) is 8.42 Å². The molecule has 0 aliphatic heterocycles. The predicted molar refractivity (Wildman–Crippen MR) is 60.1 cm³/mol. The smallest absolute Gasteiger partial charge is 0.173 e. The van der Waals surface area contributed by atoms with Gasteiger partial charge in [-0.1, -0.05) is 36.9 Å². The molecule has 1 aromatic rings. The molecule has 0 radical (unpaired) electrons. The Morgan fingerprint density at radius 2 is 1.93 bits per heavy atom. The molecule has 0 aliphatic rings. The molecule has 0 aliphatic carbocycles. The molecule has 0 aromatic heterocycles. The Bertz CT molecular complexity index is 395. The minimum absolute atomic E-state index is 0.0106. The van der Waals surface area contributed by atoms with Crippen LogP contribution in [0.3, 0.4) is 0 Å². The standard InChI is InChI=1S/C11H14O3S/c1-2-15(12,13)9-8-14-10-11-6-4-3-5-7-11/h2-7H,1,8-10H2. The number of hydrogen-bond donors (Lipinski definition) is 0. The largest absolute Gasteiger partial charge is 0.376 e. The van der Waals surface area contributed by atoms with Crippen molar-refractivity contribution in [3.05, 3.63) is 47.9 Å². The summed E-state index contributed by atoms with van der Waals surface area (Å²) in [5.41, 5.74) is 1.04. The maximum absolute atomic E-state index is 11.0. The van der Waals surface area contributed by atoms with Crippen LogP contribution in [0.15, 0.2) is 42.3 Å². The Morgan fingerprint density at radius 3 is 2.53 bits per heavy atom.